The zero-order chi connectivity index (χ0) is 14.3. The van der Waals surface area contributed by atoms with Crippen molar-refractivity contribution >= 4 is 0 Å². The molecule has 3 saturated carbocycles. The molecule has 0 aromatic heterocycles. The standard InChI is InChI=1S/C20H37N/c1(2-10-18-11-3-4-12-18)9-17-21(19-13-5-6-14-19)20-15-7-8-16-20/h18-20H,1-17H2. The van der Waals surface area contributed by atoms with E-state index >= 15 is 0 Å². The first kappa shape index (κ1) is 15.8. The number of hydrogen-bond acceptors (Lipinski definition) is 1. The highest BCUT2D eigenvalue weighted by atomic mass is 15.2. The Balaban J connectivity index is 1.35. The summed E-state index contributed by atoms with van der Waals surface area (Å²) in [5.74, 6) is 1.10. The molecule has 0 unspecified atom stereocenters. The maximum absolute atomic E-state index is 2.97. The Bertz CT molecular complexity index is 254. The van der Waals surface area contributed by atoms with Gasteiger partial charge in [-0.2, -0.15) is 0 Å². The van der Waals surface area contributed by atoms with E-state index in [0.717, 1.165) is 18.0 Å². The van der Waals surface area contributed by atoms with Gasteiger partial charge >= 0.3 is 0 Å². The van der Waals surface area contributed by atoms with Crippen LogP contribution >= 0.6 is 0 Å². The van der Waals surface area contributed by atoms with E-state index in [2.05, 4.69) is 4.90 Å². The number of nitrogens with zero attached hydrogens (tertiary/aromatic N) is 1. The molecule has 0 amide bonds. The smallest absolute Gasteiger partial charge is 0.00981 e. The van der Waals surface area contributed by atoms with Gasteiger partial charge in [0.05, 0.1) is 0 Å². The van der Waals surface area contributed by atoms with Crippen molar-refractivity contribution in [2.75, 3.05) is 6.54 Å². The van der Waals surface area contributed by atoms with Crippen LogP contribution < -0.4 is 0 Å². The molecule has 0 aromatic rings. The van der Waals surface area contributed by atoms with Gasteiger partial charge in [-0.15, -0.1) is 0 Å². The van der Waals surface area contributed by atoms with Crippen molar-refractivity contribution in [2.24, 2.45) is 5.92 Å². The zero-order valence-corrected chi connectivity index (χ0v) is 14.2. The third-order valence-corrected chi connectivity index (χ3v) is 6.59. The van der Waals surface area contributed by atoms with Gasteiger partial charge in [-0.3, -0.25) is 4.90 Å². The molecule has 0 atom stereocenters. The average molecular weight is 292 g/mol. The molecule has 122 valence electrons. The molecule has 1 nitrogen and oxygen atoms in total. The SMILES string of the molecule is C(CCC1CCCC1)CCN(C1CCCC1)C1CCCC1. The minimum atomic E-state index is 0.961. The fraction of sp³-hybridized carbons (Fsp3) is 1.00. The molecule has 0 heterocycles. The highest BCUT2D eigenvalue weighted by Gasteiger charge is 2.29. The maximum atomic E-state index is 2.97. The van der Waals surface area contributed by atoms with Gasteiger partial charge in [0, 0.05) is 12.1 Å². The third-order valence-electron chi connectivity index (χ3n) is 6.59. The van der Waals surface area contributed by atoms with E-state index in [4.69, 9.17) is 0 Å². The lowest BCUT2D eigenvalue weighted by Crippen LogP contribution is -2.41. The number of unbranched alkanes of at least 4 members (excludes halogenated alkanes) is 2. The molecule has 3 aliphatic rings. The predicted molar refractivity (Wildman–Crippen MR) is 91.6 cm³/mol. The van der Waals surface area contributed by atoms with E-state index in [0.29, 0.717) is 0 Å². The van der Waals surface area contributed by atoms with Crippen LogP contribution in [0.1, 0.15) is 103 Å². The summed E-state index contributed by atoms with van der Waals surface area (Å²) in [6, 6.07) is 1.92. The lowest BCUT2D eigenvalue weighted by molar-refractivity contribution is 0.133. The molecule has 3 aliphatic carbocycles. The van der Waals surface area contributed by atoms with Crippen molar-refractivity contribution in [1.29, 1.82) is 0 Å². The summed E-state index contributed by atoms with van der Waals surface area (Å²) >= 11 is 0. The number of rotatable bonds is 8. The fourth-order valence-corrected chi connectivity index (χ4v) is 5.34. The van der Waals surface area contributed by atoms with Crippen LogP contribution in [0.4, 0.5) is 0 Å². The predicted octanol–water partition coefficient (Wildman–Crippen LogP) is 5.92. The molecule has 0 saturated heterocycles. The molecule has 21 heavy (non-hydrogen) atoms. The highest BCUT2D eigenvalue weighted by Crippen LogP contribution is 2.32. The molecule has 0 N–H and O–H groups in total. The largest absolute Gasteiger partial charge is 0.297 e. The molecule has 0 aromatic carbocycles. The molecule has 0 spiro atoms. The van der Waals surface area contributed by atoms with Gasteiger partial charge < -0.3 is 0 Å². The summed E-state index contributed by atoms with van der Waals surface area (Å²) in [7, 11) is 0. The maximum Gasteiger partial charge on any atom is 0.00981 e. The number of hydrogen-bond donors (Lipinski definition) is 0. The molecular weight excluding hydrogens is 254 g/mol. The molecule has 0 bridgehead atoms. The van der Waals surface area contributed by atoms with Gasteiger partial charge in [-0.25, -0.2) is 0 Å². The summed E-state index contributed by atoms with van der Waals surface area (Å²) < 4.78 is 0. The van der Waals surface area contributed by atoms with Gasteiger partial charge in [0.15, 0.2) is 0 Å². The first-order valence-electron chi connectivity index (χ1n) is 10.2. The first-order chi connectivity index (χ1) is 10.4. The van der Waals surface area contributed by atoms with Crippen LogP contribution in [-0.4, -0.2) is 23.5 Å². The Morgan fingerprint density at radius 1 is 0.571 bits per heavy atom. The highest BCUT2D eigenvalue weighted by molar-refractivity contribution is 4.85. The van der Waals surface area contributed by atoms with Gasteiger partial charge in [-0.05, 0) is 44.6 Å². The van der Waals surface area contributed by atoms with E-state index in [1.54, 1.807) is 0 Å². The second-order valence-electron chi connectivity index (χ2n) is 8.11. The Morgan fingerprint density at radius 3 is 1.67 bits per heavy atom. The van der Waals surface area contributed by atoms with Crippen LogP contribution in [0.3, 0.4) is 0 Å². The molecule has 0 radical (unpaired) electrons. The van der Waals surface area contributed by atoms with E-state index in [1.807, 2.05) is 0 Å². The molecule has 0 aliphatic heterocycles. The van der Waals surface area contributed by atoms with E-state index in [9.17, 15) is 0 Å². The quantitative estimate of drug-likeness (QED) is 0.501. The van der Waals surface area contributed by atoms with Crippen molar-refractivity contribution in [3.05, 3.63) is 0 Å². The van der Waals surface area contributed by atoms with Gasteiger partial charge in [0.1, 0.15) is 0 Å². The first-order valence-corrected chi connectivity index (χ1v) is 10.2. The second kappa shape index (κ2) is 8.56. The van der Waals surface area contributed by atoms with Crippen LogP contribution in [0.5, 0.6) is 0 Å². The van der Waals surface area contributed by atoms with Crippen LogP contribution in [0.25, 0.3) is 0 Å². The van der Waals surface area contributed by atoms with Crippen molar-refractivity contribution in [2.45, 2.75) is 115 Å². The van der Waals surface area contributed by atoms with Gasteiger partial charge in [0.25, 0.3) is 0 Å². The summed E-state index contributed by atoms with van der Waals surface area (Å²) in [4.78, 5) is 2.97. The van der Waals surface area contributed by atoms with Gasteiger partial charge in [0.2, 0.25) is 0 Å². The Morgan fingerprint density at radius 2 is 1.10 bits per heavy atom. The van der Waals surface area contributed by atoms with Crippen LogP contribution in [0.2, 0.25) is 0 Å². The third kappa shape index (κ3) is 4.71. The lowest BCUT2D eigenvalue weighted by atomic mass is 9.99. The topological polar surface area (TPSA) is 3.24 Å². The van der Waals surface area contributed by atoms with Crippen LogP contribution in [-0.2, 0) is 0 Å². The summed E-state index contributed by atoms with van der Waals surface area (Å²) in [5, 5.41) is 0. The van der Waals surface area contributed by atoms with Crippen molar-refractivity contribution in [3.8, 4) is 0 Å². The van der Waals surface area contributed by atoms with Crippen molar-refractivity contribution in [3.63, 3.8) is 0 Å². The fourth-order valence-electron chi connectivity index (χ4n) is 5.34. The van der Waals surface area contributed by atoms with Gasteiger partial charge in [-0.1, -0.05) is 70.6 Å². The van der Waals surface area contributed by atoms with Crippen LogP contribution in [0.15, 0.2) is 0 Å². The molecule has 3 fully saturated rings. The van der Waals surface area contributed by atoms with Crippen molar-refractivity contribution in [1.82, 2.24) is 4.90 Å². The minimum absolute atomic E-state index is 0.961. The molecule has 1 heteroatoms. The van der Waals surface area contributed by atoms with Crippen molar-refractivity contribution < 1.29 is 0 Å². The monoisotopic (exact) mass is 291 g/mol. The van der Waals surface area contributed by atoms with E-state index in [-0.39, 0.29) is 0 Å². The Kier molecular flexibility index (Phi) is 6.45. The summed E-state index contributed by atoms with van der Waals surface area (Å²) in [6.45, 7) is 1.42. The van der Waals surface area contributed by atoms with E-state index in [1.165, 1.54) is 109 Å². The summed E-state index contributed by atoms with van der Waals surface area (Å²) in [6.07, 6.45) is 24.1. The molecular formula is C20H37N. The second-order valence-corrected chi connectivity index (χ2v) is 8.11. The van der Waals surface area contributed by atoms with E-state index < -0.39 is 0 Å². The zero-order valence-electron chi connectivity index (χ0n) is 14.2. The lowest BCUT2D eigenvalue weighted by Gasteiger charge is -2.34. The normalized spacial score (nSPS) is 25.6. The Labute approximate surface area is 132 Å². The average Bonchev–Trinajstić information content (AvgIpc) is 3.26. The Hall–Kier alpha value is -0.0400. The molecule has 3 rings (SSSR count). The minimum Gasteiger partial charge on any atom is -0.297 e. The summed E-state index contributed by atoms with van der Waals surface area (Å²) in [5.41, 5.74) is 0. The van der Waals surface area contributed by atoms with Crippen LogP contribution in [0, 0.1) is 5.92 Å².